The molecule has 0 aromatic heterocycles. The van der Waals surface area contributed by atoms with E-state index in [1.54, 1.807) is 0 Å². The van der Waals surface area contributed by atoms with Gasteiger partial charge >= 0.3 is 0 Å². The zero-order valence-electron chi connectivity index (χ0n) is 14.3. The molecule has 124 valence electrons. The smallest absolute Gasteiger partial charge is 0.136 e. The molecule has 0 saturated carbocycles. The lowest BCUT2D eigenvalue weighted by Gasteiger charge is -2.37. The van der Waals surface area contributed by atoms with E-state index in [1.165, 1.54) is 0 Å². The van der Waals surface area contributed by atoms with Crippen LogP contribution in [0.2, 0.25) is 5.02 Å². The predicted octanol–water partition coefficient (Wildman–Crippen LogP) is 6.52. The Labute approximate surface area is 153 Å². The van der Waals surface area contributed by atoms with Crippen LogP contribution in [0.5, 0.6) is 0 Å². The maximum absolute atomic E-state index is 6.53. The Morgan fingerprint density at radius 1 is 0.760 bits per heavy atom. The Hall–Kier alpha value is -2.51. The standard InChI is InChI=1S/C23H19ClO/c1-23(2)20-14-13-18(24)15-19(20)21(16-9-5-3-6-10-16)22(25-23)17-11-7-4-8-12-17/h3-15H,1-2H3. The summed E-state index contributed by atoms with van der Waals surface area (Å²) in [5.74, 6) is 0.895. The summed E-state index contributed by atoms with van der Waals surface area (Å²) in [5, 5.41) is 0.734. The molecule has 3 aromatic carbocycles. The molecule has 2 heteroatoms. The first-order valence-corrected chi connectivity index (χ1v) is 8.78. The maximum Gasteiger partial charge on any atom is 0.136 e. The summed E-state index contributed by atoms with van der Waals surface area (Å²) in [6.45, 7) is 4.20. The highest BCUT2D eigenvalue weighted by Crippen LogP contribution is 2.46. The molecule has 3 aromatic rings. The summed E-state index contributed by atoms with van der Waals surface area (Å²) in [7, 11) is 0. The maximum atomic E-state index is 6.53. The lowest BCUT2D eigenvalue weighted by Crippen LogP contribution is -2.27. The van der Waals surface area contributed by atoms with Gasteiger partial charge in [0, 0.05) is 21.7 Å². The first kappa shape index (κ1) is 16.0. The van der Waals surface area contributed by atoms with E-state index in [-0.39, 0.29) is 0 Å². The molecule has 0 unspecified atom stereocenters. The molecule has 1 heterocycles. The Morgan fingerprint density at radius 3 is 2.00 bits per heavy atom. The van der Waals surface area contributed by atoms with Gasteiger partial charge in [0.05, 0.1) is 0 Å². The number of ether oxygens (including phenoxy) is 1. The Kier molecular flexibility index (Phi) is 3.89. The molecule has 0 bridgehead atoms. The minimum Gasteiger partial charge on any atom is -0.482 e. The first-order valence-electron chi connectivity index (χ1n) is 8.41. The molecule has 0 saturated heterocycles. The first-order chi connectivity index (χ1) is 12.1. The van der Waals surface area contributed by atoms with Gasteiger partial charge < -0.3 is 4.74 Å². The monoisotopic (exact) mass is 346 g/mol. The Morgan fingerprint density at radius 2 is 1.36 bits per heavy atom. The number of halogens is 1. The number of hydrogen-bond acceptors (Lipinski definition) is 1. The van der Waals surface area contributed by atoms with Gasteiger partial charge in [-0.25, -0.2) is 0 Å². The number of fused-ring (bicyclic) bond motifs is 1. The van der Waals surface area contributed by atoms with E-state index in [4.69, 9.17) is 16.3 Å². The molecule has 0 spiro atoms. The van der Waals surface area contributed by atoms with Crippen molar-refractivity contribution < 1.29 is 4.74 Å². The summed E-state index contributed by atoms with van der Waals surface area (Å²) in [6.07, 6.45) is 0. The third kappa shape index (κ3) is 2.85. The van der Waals surface area contributed by atoms with Crippen molar-refractivity contribution in [2.24, 2.45) is 0 Å². The van der Waals surface area contributed by atoms with Crippen LogP contribution in [0.3, 0.4) is 0 Å². The summed E-state index contributed by atoms with van der Waals surface area (Å²) in [5.41, 5.74) is 5.14. The zero-order valence-corrected chi connectivity index (χ0v) is 15.0. The van der Waals surface area contributed by atoms with Crippen molar-refractivity contribution >= 4 is 22.9 Å². The highest BCUT2D eigenvalue weighted by molar-refractivity contribution is 6.30. The van der Waals surface area contributed by atoms with Gasteiger partial charge in [-0.15, -0.1) is 0 Å². The van der Waals surface area contributed by atoms with Crippen LogP contribution in [0.25, 0.3) is 11.3 Å². The summed E-state index contributed by atoms with van der Waals surface area (Å²) < 4.78 is 6.53. The van der Waals surface area contributed by atoms with Gasteiger partial charge in [-0.3, -0.25) is 0 Å². The van der Waals surface area contributed by atoms with Crippen LogP contribution in [0.15, 0.2) is 78.9 Å². The lowest BCUT2D eigenvalue weighted by atomic mass is 9.82. The fourth-order valence-electron chi connectivity index (χ4n) is 3.42. The molecule has 0 N–H and O–H groups in total. The second kappa shape index (κ2) is 6.09. The molecule has 1 nitrogen and oxygen atoms in total. The zero-order chi connectivity index (χ0) is 17.4. The molecular weight excluding hydrogens is 328 g/mol. The molecule has 0 amide bonds. The third-order valence-electron chi connectivity index (χ3n) is 4.58. The van der Waals surface area contributed by atoms with Gasteiger partial charge in [0.15, 0.2) is 0 Å². The molecule has 0 fully saturated rings. The van der Waals surface area contributed by atoms with Crippen molar-refractivity contribution in [3.63, 3.8) is 0 Å². The normalized spacial score (nSPS) is 15.5. The second-order valence-corrected chi connectivity index (χ2v) is 7.17. The number of benzene rings is 3. The fourth-order valence-corrected chi connectivity index (χ4v) is 3.59. The molecule has 25 heavy (non-hydrogen) atoms. The lowest BCUT2D eigenvalue weighted by molar-refractivity contribution is 0.0721. The average Bonchev–Trinajstić information content (AvgIpc) is 2.62. The van der Waals surface area contributed by atoms with Crippen LogP contribution >= 0.6 is 11.6 Å². The van der Waals surface area contributed by atoms with Crippen molar-refractivity contribution in [2.75, 3.05) is 0 Å². The van der Waals surface area contributed by atoms with Crippen molar-refractivity contribution in [3.8, 4) is 0 Å². The summed E-state index contributed by atoms with van der Waals surface area (Å²) in [4.78, 5) is 0. The molecular formula is C23H19ClO. The summed E-state index contributed by atoms with van der Waals surface area (Å²) >= 11 is 6.35. The van der Waals surface area contributed by atoms with Crippen molar-refractivity contribution in [3.05, 3.63) is 106 Å². The van der Waals surface area contributed by atoms with Crippen LogP contribution in [-0.4, -0.2) is 0 Å². The van der Waals surface area contributed by atoms with Gasteiger partial charge in [-0.2, -0.15) is 0 Å². The van der Waals surface area contributed by atoms with Crippen LogP contribution in [0.4, 0.5) is 0 Å². The Bertz CT molecular complexity index is 940. The van der Waals surface area contributed by atoms with E-state index >= 15 is 0 Å². The van der Waals surface area contributed by atoms with E-state index in [1.807, 2.05) is 36.4 Å². The van der Waals surface area contributed by atoms with E-state index in [0.717, 1.165) is 38.6 Å². The van der Waals surface area contributed by atoms with Crippen LogP contribution < -0.4 is 0 Å². The topological polar surface area (TPSA) is 9.23 Å². The Balaban J connectivity index is 2.07. The van der Waals surface area contributed by atoms with E-state index < -0.39 is 5.60 Å². The third-order valence-corrected chi connectivity index (χ3v) is 4.82. The average molecular weight is 347 g/mol. The molecule has 0 atom stereocenters. The molecule has 1 aliphatic rings. The predicted molar refractivity (Wildman–Crippen MR) is 104 cm³/mol. The quantitative estimate of drug-likeness (QED) is 0.513. The van der Waals surface area contributed by atoms with Gasteiger partial charge in [0.25, 0.3) is 0 Å². The van der Waals surface area contributed by atoms with E-state index in [9.17, 15) is 0 Å². The van der Waals surface area contributed by atoms with Crippen LogP contribution in [-0.2, 0) is 10.3 Å². The van der Waals surface area contributed by atoms with Gasteiger partial charge in [-0.05, 0) is 37.1 Å². The largest absolute Gasteiger partial charge is 0.482 e. The summed E-state index contributed by atoms with van der Waals surface area (Å²) in [6, 6.07) is 26.7. The van der Waals surface area contributed by atoms with Gasteiger partial charge in [-0.1, -0.05) is 78.3 Å². The minimum atomic E-state index is -0.427. The molecule has 0 aliphatic carbocycles. The number of hydrogen-bond donors (Lipinski definition) is 0. The highest BCUT2D eigenvalue weighted by atomic mass is 35.5. The number of rotatable bonds is 2. The second-order valence-electron chi connectivity index (χ2n) is 6.74. The van der Waals surface area contributed by atoms with E-state index in [2.05, 4.69) is 56.3 Å². The SMILES string of the molecule is CC1(C)OC(c2ccccc2)=C(c2ccccc2)c2cc(Cl)ccc21. The molecule has 1 aliphatic heterocycles. The highest BCUT2D eigenvalue weighted by Gasteiger charge is 2.35. The van der Waals surface area contributed by atoms with Crippen LogP contribution in [0.1, 0.15) is 36.1 Å². The molecule has 4 rings (SSSR count). The van der Waals surface area contributed by atoms with Crippen molar-refractivity contribution in [2.45, 2.75) is 19.4 Å². The van der Waals surface area contributed by atoms with Gasteiger partial charge in [0.2, 0.25) is 0 Å². The van der Waals surface area contributed by atoms with Crippen LogP contribution in [0, 0.1) is 0 Å². The molecule has 0 radical (unpaired) electrons. The van der Waals surface area contributed by atoms with Gasteiger partial charge in [0.1, 0.15) is 11.4 Å². The van der Waals surface area contributed by atoms with Crippen molar-refractivity contribution in [1.82, 2.24) is 0 Å². The van der Waals surface area contributed by atoms with E-state index in [0.29, 0.717) is 0 Å². The fraction of sp³-hybridized carbons (Fsp3) is 0.130. The van der Waals surface area contributed by atoms with Crippen molar-refractivity contribution in [1.29, 1.82) is 0 Å². The minimum absolute atomic E-state index is 0.427.